The van der Waals surface area contributed by atoms with Gasteiger partial charge in [0.1, 0.15) is 17.1 Å². The van der Waals surface area contributed by atoms with E-state index >= 15 is 0 Å². The Balaban J connectivity index is 1.70. The Morgan fingerprint density at radius 3 is 2.81 bits per heavy atom. The van der Waals surface area contributed by atoms with Crippen molar-refractivity contribution in [1.82, 2.24) is 0 Å². The summed E-state index contributed by atoms with van der Waals surface area (Å²) in [7, 11) is 0. The minimum atomic E-state index is -0.859. The average Bonchev–Trinajstić information content (AvgIpc) is 3.14. The monoisotopic (exact) mass is 444 g/mol. The number of aromatic hydroxyl groups is 1. The highest BCUT2D eigenvalue weighted by atomic mass is 35.5. The lowest BCUT2D eigenvalue weighted by Crippen LogP contribution is -2.24. The van der Waals surface area contributed by atoms with E-state index in [0.717, 1.165) is 48.5 Å². The largest absolute Gasteiger partial charge is 0.507 e. The summed E-state index contributed by atoms with van der Waals surface area (Å²) in [5.74, 6) is 0.722. The highest BCUT2D eigenvalue weighted by Gasteiger charge is 2.31. The van der Waals surface area contributed by atoms with Crippen LogP contribution < -0.4 is 0 Å². The van der Waals surface area contributed by atoms with Crippen molar-refractivity contribution in [2.24, 2.45) is 5.92 Å². The number of rotatable bonds is 9. The molecule has 0 aromatic heterocycles. The van der Waals surface area contributed by atoms with Gasteiger partial charge < -0.3 is 14.9 Å². The summed E-state index contributed by atoms with van der Waals surface area (Å²) in [6.45, 7) is 4.10. The zero-order valence-electron chi connectivity index (χ0n) is 18.4. The highest BCUT2D eigenvalue weighted by molar-refractivity contribution is 6.29. The van der Waals surface area contributed by atoms with Crippen molar-refractivity contribution in [3.63, 3.8) is 0 Å². The van der Waals surface area contributed by atoms with E-state index in [-0.39, 0.29) is 24.0 Å². The number of ether oxygens (including phenoxy) is 1. The van der Waals surface area contributed by atoms with Crippen molar-refractivity contribution in [2.75, 3.05) is 0 Å². The van der Waals surface area contributed by atoms with Crippen LogP contribution in [0.2, 0.25) is 0 Å². The van der Waals surface area contributed by atoms with Gasteiger partial charge in [0.05, 0.1) is 0 Å². The van der Waals surface area contributed by atoms with E-state index in [2.05, 4.69) is 32.1 Å². The van der Waals surface area contributed by atoms with Gasteiger partial charge in [-0.3, -0.25) is 4.79 Å². The van der Waals surface area contributed by atoms with Gasteiger partial charge in [0.15, 0.2) is 0 Å². The average molecular weight is 445 g/mol. The van der Waals surface area contributed by atoms with Crippen molar-refractivity contribution < 1.29 is 19.7 Å². The number of hydrogen-bond acceptors (Lipinski definition) is 3. The number of hydrogen-bond donors (Lipinski definition) is 2. The van der Waals surface area contributed by atoms with Crippen LogP contribution in [0.5, 0.6) is 5.75 Å². The zero-order chi connectivity index (χ0) is 22.4. The topological polar surface area (TPSA) is 66.8 Å². The standard InChI is InChI=1S/C26H33ClO4/c1-26(2,31-21-10-4-3-5-11-21)17-20(27)16-19-9-7-12-22(19)23-13-6-8-18(25(23)30)14-15-24(28)29/h4,6,8,10-11,13,16,19,22,30H,3,5,7,9,12,14-15,17H2,1-2H3,(H,28,29)/b20-16-/t19?,22-/m0/s1. The molecule has 0 heterocycles. The van der Waals surface area contributed by atoms with Gasteiger partial charge in [-0.2, -0.15) is 0 Å². The van der Waals surface area contributed by atoms with Crippen LogP contribution in [0.15, 0.2) is 53.3 Å². The molecule has 0 amide bonds. The molecular formula is C26H33ClO4. The molecule has 31 heavy (non-hydrogen) atoms. The van der Waals surface area contributed by atoms with E-state index in [9.17, 15) is 9.90 Å². The summed E-state index contributed by atoms with van der Waals surface area (Å²) in [6, 6.07) is 5.68. The van der Waals surface area contributed by atoms with Crippen molar-refractivity contribution in [2.45, 2.75) is 76.7 Å². The minimum Gasteiger partial charge on any atom is -0.507 e. The van der Waals surface area contributed by atoms with Crippen LogP contribution in [-0.4, -0.2) is 21.8 Å². The molecule has 2 aliphatic rings. The molecule has 3 rings (SSSR count). The Kier molecular flexibility index (Phi) is 7.88. The second kappa shape index (κ2) is 10.4. The predicted molar refractivity (Wildman–Crippen MR) is 124 cm³/mol. The van der Waals surface area contributed by atoms with E-state index in [1.807, 2.05) is 24.3 Å². The lowest BCUT2D eigenvalue weighted by Gasteiger charge is -2.28. The van der Waals surface area contributed by atoms with Crippen molar-refractivity contribution in [3.8, 4) is 5.75 Å². The molecule has 4 nitrogen and oxygen atoms in total. The van der Waals surface area contributed by atoms with Gasteiger partial charge in [0.25, 0.3) is 0 Å². The number of aryl methyl sites for hydroxylation is 1. The molecule has 0 spiro atoms. The summed E-state index contributed by atoms with van der Waals surface area (Å²) in [5, 5.41) is 20.5. The molecule has 1 saturated carbocycles. The Morgan fingerprint density at radius 2 is 2.10 bits per heavy atom. The predicted octanol–water partition coefficient (Wildman–Crippen LogP) is 6.84. The number of benzene rings is 1. The number of carboxylic acid groups (broad SMARTS) is 1. The quantitative estimate of drug-likeness (QED) is 0.437. The van der Waals surface area contributed by atoms with Crippen LogP contribution in [0.25, 0.3) is 0 Å². The number of phenolic OH excluding ortho intramolecular Hbond substituents is 1. The second-order valence-electron chi connectivity index (χ2n) is 9.19. The first kappa shape index (κ1) is 23.5. The first-order valence-corrected chi connectivity index (χ1v) is 11.6. The van der Waals surface area contributed by atoms with Crippen LogP contribution in [0, 0.1) is 5.92 Å². The van der Waals surface area contributed by atoms with Crippen molar-refractivity contribution in [1.29, 1.82) is 0 Å². The molecule has 2 atom stereocenters. The third-order valence-electron chi connectivity index (χ3n) is 6.07. The lowest BCUT2D eigenvalue weighted by atomic mass is 9.86. The maximum atomic E-state index is 10.9. The molecule has 1 aromatic rings. The number of carbonyl (C=O) groups is 1. The Bertz CT molecular complexity index is 881. The summed E-state index contributed by atoms with van der Waals surface area (Å²) in [5.41, 5.74) is 1.19. The second-order valence-corrected chi connectivity index (χ2v) is 9.67. The lowest BCUT2D eigenvalue weighted by molar-refractivity contribution is -0.136. The normalized spacial score (nSPS) is 21.8. The highest BCUT2D eigenvalue weighted by Crippen LogP contribution is 2.45. The molecule has 1 unspecified atom stereocenters. The van der Waals surface area contributed by atoms with E-state index < -0.39 is 11.6 Å². The molecule has 2 N–H and O–H groups in total. The summed E-state index contributed by atoms with van der Waals surface area (Å²) in [6.07, 6.45) is 14.5. The Hall–Kier alpha value is -2.20. The van der Waals surface area contributed by atoms with E-state index in [1.54, 1.807) is 0 Å². The van der Waals surface area contributed by atoms with Crippen molar-refractivity contribution >= 4 is 17.6 Å². The molecule has 5 heteroatoms. The van der Waals surface area contributed by atoms with Gasteiger partial charge in [-0.15, -0.1) is 0 Å². The van der Waals surface area contributed by atoms with E-state index in [0.29, 0.717) is 18.4 Å². The van der Waals surface area contributed by atoms with Crippen LogP contribution in [-0.2, 0) is 16.0 Å². The number of para-hydroxylation sites is 1. The molecule has 0 saturated heterocycles. The first-order chi connectivity index (χ1) is 14.7. The maximum absolute atomic E-state index is 10.9. The molecule has 0 radical (unpaired) electrons. The molecule has 1 fully saturated rings. The van der Waals surface area contributed by atoms with Gasteiger partial charge in [0, 0.05) is 17.9 Å². The Morgan fingerprint density at radius 1 is 1.29 bits per heavy atom. The molecule has 1 aromatic carbocycles. The fraction of sp³-hybridized carbons (Fsp3) is 0.500. The smallest absolute Gasteiger partial charge is 0.303 e. The van der Waals surface area contributed by atoms with Gasteiger partial charge in [0.2, 0.25) is 0 Å². The Labute approximate surface area is 190 Å². The molecule has 0 bridgehead atoms. The number of aliphatic carboxylic acids is 1. The fourth-order valence-corrected chi connectivity index (χ4v) is 5.13. The third-order valence-corrected chi connectivity index (χ3v) is 6.33. The number of halogens is 1. The number of phenols is 1. The summed E-state index contributed by atoms with van der Waals surface area (Å²) >= 11 is 6.69. The molecule has 0 aliphatic heterocycles. The van der Waals surface area contributed by atoms with Gasteiger partial charge in [-0.1, -0.05) is 48.4 Å². The van der Waals surface area contributed by atoms with Gasteiger partial charge in [-0.25, -0.2) is 0 Å². The maximum Gasteiger partial charge on any atom is 0.303 e. The van der Waals surface area contributed by atoms with Crippen LogP contribution in [0.1, 0.15) is 75.8 Å². The molecular weight excluding hydrogens is 412 g/mol. The van der Waals surface area contributed by atoms with Crippen molar-refractivity contribution in [3.05, 3.63) is 64.4 Å². The zero-order valence-corrected chi connectivity index (χ0v) is 19.2. The van der Waals surface area contributed by atoms with Crippen LogP contribution >= 0.6 is 11.6 Å². The van der Waals surface area contributed by atoms with Crippen LogP contribution in [0.4, 0.5) is 0 Å². The fourth-order valence-electron chi connectivity index (χ4n) is 4.65. The number of allylic oxidation sites excluding steroid dienone is 4. The first-order valence-electron chi connectivity index (χ1n) is 11.2. The third kappa shape index (κ3) is 6.64. The SMILES string of the molecule is CC(C)(C/C(Cl)=C/C1CCC[C@@H]1c1cccc(CCC(=O)O)c1O)OC1=CCCC=C1. The molecule has 168 valence electrons. The minimum absolute atomic E-state index is 0.0115. The van der Waals surface area contributed by atoms with Crippen LogP contribution in [0.3, 0.4) is 0 Å². The summed E-state index contributed by atoms with van der Waals surface area (Å²) < 4.78 is 6.17. The van der Waals surface area contributed by atoms with Gasteiger partial charge >= 0.3 is 5.97 Å². The molecule has 2 aliphatic carbocycles. The summed E-state index contributed by atoms with van der Waals surface area (Å²) in [4.78, 5) is 10.9. The van der Waals surface area contributed by atoms with E-state index in [4.69, 9.17) is 21.4 Å². The van der Waals surface area contributed by atoms with Gasteiger partial charge in [-0.05, 0) is 81.1 Å². The number of carboxylic acids is 1. The van der Waals surface area contributed by atoms with E-state index in [1.165, 1.54) is 0 Å².